The quantitative estimate of drug-likeness (QED) is 0.416. The molecule has 0 radical (unpaired) electrons. The minimum absolute atomic E-state index is 0.00165. The summed E-state index contributed by atoms with van der Waals surface area (Å²) in [6.45, 7) is 2.46. The number of piperazine rings is 1. The molecule has 3 N–H and O–H groups in total. The molecule has 1 fully saturated rings. The van der Waals surface area contributed by atoms with E-state index in [-0.39, 0.29) is 46.4 Å². The molecule has 178 valence electrons. The van der Waals surface area contributed by atoms with Gasteiger partial charge in [0.05, 0.1) is 5.56 Å². The van der Waals surface area contributed by atoms with Crippen molar-refractivity contribution < 1.29 is 24.5 Å². The molecule has 2 heterocycles. The highest BCUT2D eigenvalue weighted by Gasteiger charge is 2.25. The van der Waals surface area contributed by atoms with Crippen LogP contribution in [0.2, 0.25) is 0 Å². The summed E-state index contributed by atoms with van der Waals surface area (Å²) in [5, 5.41) is 30.6. The van der Waals surface area contributed by atoms with Gasteiger partial charge in [0.1, 0.15) is 28.4 Å². The highest BCUT2D eigenvalue weighted by Crippen LogP contribution is 2.36. The molecular formula is C27H24N2O6. The number of benzene rings is 3. The van der Waals surface area contributed by atoms with Gasteiger partial charge >= 0.3 is 0 Å². The van der Waals surface area contributed by atoms with Crippen LogP contribution in [0, 0.1) is 0 Å². The third kappa shape index (κ3) is 4.43. The number of hydrogen-bond acceptors (Lipinski definition) is 7. The third-order valence-corrected chi connectivity index (χ3v) is 6.27. The smallest absolute Gasteiger partial charge is 0.253 e. The SMILES string of the molecule is O=C(c1ccccc1)N1CCN(Cc2c(O)cc(O)c3c(=O)cc(-c4ccc(O)cc4)oc23)CC1. The van der Waals surface area contributed by atoms with Crippen LogP contribution >= 0.6 is 0 Å². The molecule has 35 heavy (non-hydrogen) atoms. The molecule has 5 rings (SSSR count). The van der Waals surface area contributed by atoms with E-state index in [4.69, 9.17) is 4.42 Å². The fourth-order valence-electron chi connectivity index (χ4n) is 4.37. The van der Waals surface area contributed by atoms with Crippen LogP contribution in [0.25, 0.3) is 22.3 Å². The van der Waals surface area contributed by atoms with Crippen molar-refractivity contribution in [2.45, 2.75) is 6.54 Å². The van der Waals surface area contributed by atoms with Gasteiger partial charge in [0, 0.05) is 56.0 Å². The standard InChI is InChI=1S/C27H24N2O6/c30-19-8-6-17(7-9-19)24-15-23(33)25-22(32)14-21(31)20(26(25)35-24)16-28-10-12-29(13-11-28)27(34)18-4-2-1-3-5-18/h1-9,14-15,30-32H,10-13,16H2. The van der Waals surface area contributed by atoms with Crippen LogP contribution < -0.4 is 5.43 Å². The van der Waals surface area contributed by atoms with Crippen LogP contribution in [0.1, 0.15) is 15.9 Å². The van der Waals surface area contributed by atoms with Crippen LogP contribution in [0.15, 0.2) is 75.9 Å². The molecule has 1 aliphatic heterocycles. The summed E-state index contributed by atoms with van der Waals surface area (Å²) >= 11 is 0. The van der Waals surface area contributed by atoms with Gasteiger partial charge in [0.25, 0.3) is 5.91 Å². The number of phenolic OH excluding ortho intramolecular Hbond substituents is 3. The van der Waals surface area contributed by atoms with Crippen LogP contribution in [0.4, 0.5) is 0 Å². The van der Waals surface area contributed by atoms with Gasteiger partial charge in [-0.05, 0) is 36.4 Å². The Hall–Kier alpha value is -4.30. The maximum absolute atomic E-state index is 12.9. The highest BCUT2D eigenvalue weighted by atomic mass is 16.3. The van der Waals surface area contributed by atoms with E-state index in [2.05, 4.69) is 4.90 Å². The van der Waals surface area contributed by atoms with Gasteiger partial charge in [-0.15, -0.1) is 0 Å². The van der Waals surface area contributed by atoms with Gasteiger partial charge in [-0.3, -0.25) is 14.5 Å². The number of phenols is 3. The van der Waals surface area contributed by atoms with Crippen LogP contribution in [0.3, 0.4) is 0 Å². The normalized spacial score (nSPS) is 14.3. The summed E-state index contributed by atoms with van der Waals surface area (Å²) in [5.41, 5.74) is 1.28. The third-order valence-electron chi connectivity index (χ3n) is 6.27. The Morgan fingerprint density at radius 3 is 2.23 bits per heavy atom. The van der Waals surface area contributed by atoms with Crippen LogP contribution in [-0.2, 0) is 6.54 Å². The molecule has 0 saturated carbocycles. The topological polar surface area (TPSA) is 114 Å². The van der Waals surface area contributed by atoms with E-state index < -0.39 is 5.43 Å². The largest absolute Gasteiger partial charge is 0.508 e. The fourth-order valence-corrected chi connectivity index (χ4v) is 4.37. The van der Waals surface area contributed by atoms with Crippen LogP contribution in [0.5, 0.6) is 17.2 Å². The summed E-state index contributed by atoms with van der Waals surface area (Å²) in [7, 11) is 0. The summed E-state index contributed by atoms with van der Waals surface area (Å²) in [6, 6.07) is 17.8. The van der Waals surface area contributed by atoms with Gasteiger partial charge in [0.15, 0.2) is 11.0 Å². The first-order chi connectivity index (χ1) is 16.9. The lowest BCUT2D eigenvalue weighted by Gasteiger charge is -2.35. The monoisotopic (exact) mass is 472 g/mol. The Labute approximate surface area is 200 Å². The molecule has 0 bridgehead atoms. The van der Waals surface area contributed by atoms with E-state index >= 15 is 0 Å². The molecule has 3 aromatic carbocycles. The van der Waals surface area contributed by atoms with Gasteiger partial charge in [-0.1, -0.05) is 18.2 Å². The lowest BCUT2D eigenvalue weighted by molar-refractivity contribution is 0.0627. The number of carbonyl (C=O) groups excluding carboxylic acids is 1. The number of amides is 1. The predicted octanol–water partition coefficient (Wildman–Crippen LogP) is 3.53. The maximum Gasteiger partial charge on any atom is 0.253 e. The van der Waals surface area contributed by atoms with Gasteiger partial charge in [-0.2, -0.15) is 0 Å². The molecule has 1 amide bonds. The van der Waals surface area contributed by atoms with E-state index in [1.165, 1.54) is 18.2 Å². The first kappa shape index (κ1) is 22.5. The van der Waals surface area contributed by atoms with Crippen molar-refractivity contribution >= 4 is 16.9 Å². The average Bonchev–Trinajstić information content (AvgIpc) is 2.87. The first-order valence-electron chi connectivity index (χ1n) is 11.3. The average molecular weight is 472 g/mol. The lowest BCUT2D eigenvalue weighted by atomic mass is 10.1. The zero-order chi connectivity index (χ0) is 24.5. The Kier molecular flexibility index (Phi) is 5.88. The highest BCUT2D eigenvalue weighted by molar-refractivity contribution is 5.94. The van der Waals surface area contributed by atoms with Crippen molar-refractivity contribution in [3.8, 4) is 28.6 Å². The number of nitrogens with zero attached hydrogens (tertiary/aromatic N) is 2. The van der Waals surface area contributed by atoms with E-state index in [9.17, 15) is 24.9 Å². The molecule has 0 atom stereocenters. The summed E-state index contributed by atoms with van der Waals surface area (Å²) in [4.78, 5) is 29.5. The van der Waals surface area contributed by atoms with Crippen molar-refractivity contribution in [2.75, 3.05) is 26.2 Å². The summed E-state index contributed by atoms with van der Waals surface area (Å²) in [5.74, 6) is -0.216. The van der Waals surface area contributed by atoms with E-state index in [1.54, 1.807) is 29.2 Å². The van der Waals surface area contributed by atoms with Crippen molar-refractivity contribution in [1.29, 1.82) is 0 Å². The second-order valence-corrected chi connectivity index (χ2v) is 8.55. The zero-order valence-electron chi connectivity index (χ0n) is 18.8. The minimum Gasteiger partial charge on any atom is -0.508 e. The molecule has 1 aliphatic rings. The molecular weight excluding hydrogens is 448 g/mol. The minimum atomic E-state index is -0.439. The number of aromatic hydroxyl groups is 3. The summed E-state index contributed by atoms with van der Waals surface area (Å²) < 4.78 is 6.03. The maximum atomic E-state index is 12.9. The first-order valence-corrected chi connectivity index (χ1v) is 11.3. The lowest BCUT2D eigenvalue weighted by Crippen LogP contribution is -2.48. The van der Waals surface area contributed by atoms with Gasteiger partial charge < -0.3 is 24.6 Å². The molecule has 0 aliphatic carbocycles. The number of fused-ring (bicyclic) bond motifs is 1. The number of rotatable bonds is 4. The molecule has 1 saturated heterocycles. The molecule has 8 nitrogen and oxygen atoms in total. The van der Waals surface area contributed by atoms with Gasteiger partial charge in [0.2, 0.25) is 0 Å². The number of hydrogen-bond donors (Lipinski definition) is 3. The molecule has 1 aromatic heterocycles. The molecule has 0 unspecified atom stereocenters. The fraction of sp³-hybridized carbons (Fsp3) is 0.185. The molecule has 4 aromatic rings. The number of carbonyl (C=O) groups is 1. The Morgan fingerprint density at radius 2 is 1.54 bits per heavy atom. The zero-order valence-corrected chi connectivity index (χ0v) is 18.8. The van der Waals surface area contributed by atoms with E-state index in [1.807, 2.05) is 18.2 Å². The van der Waals surface area contributed by atoms with Crippen molar-refractivity contribution in [1.82, 2.24) is 9.80 Å². The summed E-state index contributed by atoms with van der Waals surface area (Å²) in [6.07, 6.45) is 0. The van der Waals surface area contributed by atoms with E-state index in [0.717, 1.165) is 6.07 Å². The van der Waals surface area contributed by atoms with Crippen LogP contribution in [-0.4, -0.2) is 57.2 Å². The van der Waals surface area contributed by atoms with E-state index in [0.29, 0.717) is 42.9 Å². The Morgan fingerprint density at radius 1 is 0.857 bits per heavy atom. The predicted molar refractivity (Wildman–Crippen MR) is 131 cm³/mol. The Bertz CT molecular complexity index is 1440. The second-order valence-electron chi connectivity index (χ2n) is 8.55. The second kappa shape index (κ2) is 9.15. The molecule has 0 spiro atoms. The molecule has 8 heteroatoms. The Balaban J connectivity index is 1.43. The van der Waals surface area contributed by atoms with Crippen molar-refractivity contribution in [3.63, 3.8) is 0 Å². The van der Waals surface area contributed by atoms with Gasteiger partial charge in [-0.25, -0.2) is 0 Å². The van der Waals surface area contributed by atoms with Crippen molar-refractivity contribution in [2.24, 2.45) is 0 Å². The van der Waals surface area contributed by atoms with Crippen molar-refractivity contribution in [3.05, 3.63) is 88.1 Å².